The Labute approximate surface area is 83.8 Å². The van der Waals surface area contributed by atoms with Crippen LogP contribution in [0.5, 0.6) is 0 Å². The minimum absolute atomic E-state index is 0.923. The van der Waals surface area contributed by atoms with Gasteiger partial charge in [0.15, 0.2) is 0 Å². The van der Waals surface area contributed by atoms with E-state index >= 15 is 0 Å². The van der Waals surface area contributed by atoms with Crippen LogP contribution in [0.4, 0.5) is 0 Å². The number of hydrogen-bond donors (Lipinski definition) is 0. The van der Waals surface area contributed by atoms with Gasteiger partial charge >= 0.3 is 83.8 Å². The molecule has 70 valence electrons. The van der Waals surface area contributed by atoms with Gasteiger partial charge in [-0.15, -0.1) is 0 Å². The normalized spacial score (nSPS) is 10.2. The Morgan fingerprint density at radius 1 is 1.08 bits per heavy atom. The van der Waals surface area contributed by atoms with Gasteiger partial charge in [-0.3, -0.25) is 0 Å². The van der Waals surface area contributed by atoms with E-state index < -0.39 is 19.6 Å². The van der Waals surface area contributed by atoms with Crippen LogP contribution in [-0.4, -0.2) is 19.6 Å². The van der Waals surface area contributed by atoms with E-state index in [1.165, 1.54) is 34.6 Å². The Hall–Kier alpha value is 0.280. The average Bonchev–Trinajstić information content (AvgIpc) is 2.10. The molecule has 0 saturated carbocycles. The van der Waals surface area contributed by atoms with E-state index in [1.54, 1.807) is 0 Å². The first-order valence-electron chi connectivity index (χ1n) is 4.86. The molecule has 0 aromatic carbocycles. The molecular weight excluding hydrogens is 262 g/mol. The molecule has 0 bridgehead atoms. The first kappa shape index (κ1) is 12.3. The summed E-state index contributed by atoms with van der Waals surface area (Å²) in [4.78, 5) is 0. The Bertz CT molecular complexity index is 120. The maximum absolute atomic E-state index is 8.63. The van der Waals surface area contributed by atoms with Crippen molar-refractivity contribution >= 4 is 19.6 Å². The fourth-order valence-corrected chi connectivity index (χ4v) is 6.94. The van der Waals surface area contributed by atoms with Crippen LogP contribution in [0, 0.1) is 11.3 Å². The molecule has 0 aromatic rings. The third kappa shape index (κ3) is 6.96. The number of rotatable bonds is 7. The molecule has 2 heteroatoms. The predicted octanol–water partition coefficient (Wildman–Crippen LogP) is 3.60. The van der Waals surface area contributed by atoms with Crippen LogP contribution in [0.1, 0.15) is 39.5 Å². The van der Waals surface area contributed by atoms with Crippen molar-refractivity contribution in [2.75, 3.05) is 0 Å². The Kier molecular flexibility index (Phi) is 9.59. The summed E-state index contributed by atoms with van der Waals surface area (Å²) in [5.74, 6) is 0. The molecule has 0 aliphatic heterocycles. The molecule has 1 nitrogen and oxygen atoms in total. The molecule has 0 atom stereocenters. The molecule has 0 unspecified atom stereocenters. The quantitative estimate of drug-likeness (QED) is 0.654. The fraction of sp³-hybridized carbons (Fsp3) is 0.900. The molecule has 0 saturated heterocycles. The van der Waals surface area contributed by atoms with Gasteiger partial charge in [-0.25, -0.2) is 0 Å². The summed E-state index contributed by atoms with van der Waals surface area (Å²) in [6.07, 6.45) is 5.33. The van der Waals surface area contributed by atoms with Crippen LogP contribution >= 0.6 is 0 Å². The molecule has 0 aliphatic carbocycles. The summed E-state index contributed by atoms with van der Waals surface area (Å²) in [6.45, 7) is 4.48. The fourth-order valence-electron chi connectivity index (χ4n) is 1.03. The summed E-state index contributed by atoms with van der Waals surface area (Å²) in [5.41, 5.74) is 0. The monoisotopic (exact) mass is 284 g/mol. The number of hydrogen-bond acceptors (Lipinski definition) is 1. The molecule has 0 radical (unpaired) electrons. The van der Waals surface area contributed by atoms with Crippen molar-refractivity contribution < 1.29 is 0 Å². The summed E-state index contributed by atoms with van der Waals surface area (Å²) in [5, 5.41) is 8.63. The van der Waals surface area contributed by atoms with Crippen LogP contribution in [0.15, 0.2) is 0 Å². The van der Waals surface area contributed by atoms with Gasteiger partial charge in [-0.2, -0.15) is 0 Å². The zero-order chi connectivity index (χ0) is 9.23. The van der Waals surface area contributed by atoms with Gasteiger partial charge in [-0.1, -0.05) is 0 Å². The van der Waals surface area contributed by atoms with Crippen molar-refractivity contribution in [3.8, 4) is 6.07 Å². The van der Waals surface area contributed by atoms with Crippen molar-refractivity contribution in [2.45, 2.75) is 52.9 Å². The van der Waals surface area contributed by atoms with Crippen molar-refractivity contribution in [2.24, 2.45) is 0 Å². The molecule has 0 fully saturated rings. The van der Waals surface area contributed by atoms with Crippen LogP contribution in [-0.2, 0) is 0 Å². The SMILES string of the molecule is CCCC[Te+](CC#N)CCCC. The van der Waals surface area contributed by atoms with E-state index in [-0.39, 0.29) is 0 Å². The van der Waals surface area contributed by atoms with E-state index in [0.29, 0.717) is 0 Å². The van der Waals surface area contributed by atoms with E-state index in [4.69, 9.17) is 5.26 Å². The van der Waals surface area contributed by atoms with Gasteiger partial charge in [0.1, 0.15) is 0 Å². The Morgan fingerprint density at radius 2 is 1.58 bits per heavy atom. The van der Waals surface area contributed by atoms with Gasteiger partial charge < -0.3 is 0 Å². The number of unbranched alkanes of at least 4 members (excludes halogenated alkanes) is 2. The minimum atomic E-state index is -0.923. The summed E-state index contributed by atoms with van der Waals surface area (Å²) < 4.78 is 3.78. The van der Waals surface area contributed by atoms with E-state index in [0.717, 1.165) is 4.47 Å². The van der Waals surface area contributed by atoms with Gasteiger partial charge in [0, 0.05) is 0 Å². The average molecular weight is 282 g/mol. The molecular formula is C10H20NTe+. The van der Waals surface area contributed by atoms with E-state index in [2.05, 4.69) is 19.9 Å². The van der Waals surface area contributed by atoms with E-state index in [1.807, 2.05) is 0 Å². The van der Waals surface area contributed by atoms with Crippen LogP contribution in [0.3, 0.4) is 0 Å². The first-order valence-corrected chi connectivity index (χ1v) is 9.80. The van der Waals surface area contributed by atoms with Crippen LogP contribution < -0.4 is 0 Å². The molecule has 0 N–H and O–H groups in total. The first-order chi connectivity index (χ1) is 5.85. The second kappa shape index (κ2) is 9.37. The topological polar surface area (TPSA) is 23.8 Å². The van der Waals surface area contributed by atoms with Gasteiger partial charge in [0.25, 0.3) is 0 Å². The zero-order valence-electron chi connectivity index (χ0n) is 8.31. The maximum atomic E-state index is 8.63. The van der Waals surface area contributed by atoms with Crippen molar-refractivity contribution in [3.05, 3.63) is 0 Å². The number of nitriles is 1. The van der Waals surface area contributed by atoms with Gasteiger partial charge in [0.05, 0.1) is 0 Å². The van der Waals surface area contributed by atoms with Crippen LogP contribution in [0.2, 0.25) is 13.4 Å². The van der Waals surface area contributed by atoms with Crippen molar-refractivity contribution in [1.29, 1.82) is 5.26 Å². The summed E-state index contributed by atoms with van der Waals surface area (Å²) >= 11 is -0.923. The van der Waals surface area contributed by atoms with Gasteiger partial charge in [-0.05, 0) is 0 Å². The van der Waals surface area contributed by atoms with Gasteiger partial charge in [0.2, 0.25) is 0 Å². The van der Waals surface area contributed by atoms with Crippen molar-refractivity contribution in [1.82, 2.24) is 0 Å². The van der Waals surface area contributed by atoms with Crippen LogP contribution in [0.25, 0.3) is 0 Å². The molecule has 0 spiro atoms. The van der Waals surface area contributed by atoms with E-state index in [9.17, 15) is 0 Å². The Balaban J connectivity index is 3.48. The third-order valence-corrected chi connectivity index (χ3v) is 8.32. The number of nitrogens with zero attached hydrogens (tertiary/aromatic N) is 1. The molecule has 0 heterocycles. The molecule has 0 rings (SSSR count). The zero-order valence-corrected chi connectivity index (χ0v) is 10.6. The summed E-state index contributed by atoms with van der Waals surface area (Å²) in [7, 11) is 0. The molecule has 0 aliphatic rings. The predicted molar refractivity (Wildman–Crippen MR) is 55.6 cm³/mol. The molecule has 12 heavy (non-hydrogen) atoms. The Morgan fingerprint density at radius 3 is 1.92 bits per heavy atom. The van der Waals surface area contributed by atoms with Crippen molar-refractivity contribution in [3.63, 3.8) is 0 Å². The second-order valence-electron chi connectivity index (χ2n) is 3.03. The second-order valence-corrected chi connectivity index (χ2v) is 9.68. The summed E-state index contributed by atoms with van der Waals surface area (Å²) in [6, 6.07) is 2.36. The molecule has 0 amide bonds. The standard InChI is InChI=1S/C10H20NTe/c1-3-5-8-12(10-7-11)9-6-4-2/h3-6,8-10H2,1-2H3/q+1. The molecule has 0 aromatic heterocycles. The third-order valence-electron chi connectivity index (χ3n) is 1.84.